The molecule has 0 aromatic heterocycles. The summed E-state index contributed by atoms with van der Waals surface area (Å²) in [4.78, 5) is 56.8. The van der Waals surface area contributed by atoms with Crippen molar-refractivity contribution in [1.82, 2.24) is 4.90 Å². The van der Waals surface area contributed by atoms with Crippen LogP contribution in [0.3, 0.4) is 0 Å². The molecule has 5 atom stereocenters. The SMILES string of the molecule is C[C@@H]1[C@@H]([Si](C)(C)O)[C@H](CC(=O)N2CCC[C@H]2CO)O[C@@]12C(=O)N(Cc1cccc(N3CCOC3=O)c1)c1ccc(Cl)cc12. The molecule has 2 aromatic rings. The van der Waals surface area contributed by atoms with Crippen molar-refractivity contribution >= 4 is 49.2 Å². The van der Waals surface area contributed by atoms with Gasteiger partial charge in [0.1, 0.15) is 6.61 Å². The summed E-state index contributed by atoms with van der Waals surface area (Å²) in [6, 6.07) is 12.5. The number of cyclic esters (lactones) is 1. The molecular formula is C31H38ClN3O7Si. The lowest BCUT2D eigenvalue weighted by Crippen LogP contribution is -2.46. The Hall–Kier alpha value is -2.96. The van der Waals surface area contributed by atoms with Crippen LogP contribution in [0.2, 0.25) is 23.7 Å². The summed E-state index contributed by atoms with van der Waals surface area (Å²) in [5, 5.41) is 10.3. The molecule has 2 aromatic carbocycles. The lowest BCUT2D eigenvalue weighted by molar-refractivity contribution is -0.150. The largest absolute Gasteiger partial charge is 0.447 e. The maximum absolute atomic E-state index is 14.6. The van der Waals surface area contributed by atoms with Gasteiger partial charge in [-0.1, -0.05) is 30.7 Å². The smallest absolute Gasteiger partial charge is 0.414 e. The number of hydrogen-bond donors (Lipinski definition) is 2. The molecule has 43 heavy (non-hydrogen) atoms. The second-order valence-electron chi connectivity index (χ2n) is 12.6. The highest BCUT2D eigenvalue weighted by Gasteiger charge is 2.66. The lowest BCUT2D eigenvalue weighted by Gasteiger charge is -2.33. The predicted octanol–water partition coefficient (Wildman–Crippen LogP) is 4.01. The zero-order valence-corrected chi connectivity index (χ0v) is 26.4. The molecule has 6 rings (SSSR count). The van der Waals surface area contributed by atoms with Crippen molar-refractivity contribution in [3.63, 3.8) is 0 Å². The lowest BCUT2D eigenvalue weighted by atomic mass is 9.82. The van der Waals surface area contributed by atoms with Crippen molar-refractivity contribution in [1.29, 1.82) is 0 Å². The highest BCUT2D eigenvalue weighted by atomic mass is 35.5. The summed E-state index contributed by atoms with van der Waals surface area (Å²) >= 11 is 6.50. The van der Waals surface area contributed by atoms with E-state index in [0.29, 0.717) is 41.7 Å². The number of aliphatic hydroxyl groups excluding tert-OH is 1. The van der Waals surface area contributed by atoms with Crippen LogP contribution in [0.4, 0.5) is 16.2 Å². The Kier molecular flexibility index (Phi) is 7.83. The van der Waals surface area contributed by atoms with E-state index < -0.39 is 37.6 Å². The first kappa shape index (κ1) is 30.1. The highest BCUT2D eigenvalue weighted by molar-refractivity contribution is 6.71. The normalized spacial score (nSPS) is 28.7. The zero-order chi connectivity index (χ0) is 30.7. The number of likely N-dealkylation sites (tertiary alicyclic amines) is 1. The summed E-state index contributed by atoms with van der Waals surface area (Å²) < 4.78 is 11.9. The van der Waals surface area contributed by atoms with Crippen molar-refractivity contribution in [2.24, 2.45) is 5.92 Å². The number of nitrogens with zero attached hydrogens (tertiary/aromatic N) is 3. The third kappa shape index (κ3) is 5.04. The minimum absolute atomic E-state index is 0.0153. The fourth-order valence-corrected chi connectivity index (χ4v) is 10.4. The van der Waals surface area contributed by atoms with Gasteiger partial charge in [0.05, 0.1) is 44.0 Å². The Morgan fingerprint density at radius 2 is 1.95 bits per heavy atom. The number of hydrogen-bond acceptors (Lipinski definition) is 7. The van der Waals surface area contributed by atoms with Crippen LogP contribution in [0.1, 0.15) is 37.3 Å². The fourth-order valence-electron chi connectivity index (χ4n) is 7.68. The van der Waals surface area contributed by atoms with Gasteiger partial charge < -0.3 is 29.2 Å². The van der Waals surface area contributed by atoms with E-state index in [1.54, 1.807) is 26.8 Å². The van der Waals surface area contributed by atoms with Crippen molar-refractivity contribution in [2.75, 3.05) is 36.1 Å². The minimum Gasteiger partial charge on any atom is -0.447 e. The monoisotopic (exact) mass is 627 g/mol. The molecular weight excluding hydrogens is 590 g/mol. The topological polar surface area (TPSA) is 120 Å². The van der Waals surface area contributed by atoms with Crippen LogP contribution in [0.5, 0.6) is 0 Å². The van der Waals surface area contributed by atoms with Gasteiger partial charge in [0, 0.05) is 34.3 Å². The number of amides is 3. The van der Waals surface area contributed by atoms with E-state index in [4.69, 9.17) is 21.1 Å². The Balaban J connectivity index is 1.35. The molecule has 4 aliphatic heterocycles. The molecule has 12 heteroatoms. The summed E-state index contributed by atoms with van der Waals surface area (Å²) in [5.74, 6) is -0.847. The van der Waals surface area contributed by atoms with Gasteiger partial charge in [0.15, 0.2) is 13.9 Å². The van der Waals surface area contributed by atoms with Gasteiger partial charge >= 0.3 is 6.09 Å². The zero-order valence-electron chi connectivity index (χ0n) is 24.7. The molecule has 3 fully saturated rings. The summed E-state index contributed by atoms with van der Waals surface area (Å²) in [7, 11) is -2.96. The van der Waals surface area contributed by atoms with Crippen molar-refractivity contribution < 1.29 is 33.8 Å². The molecule has 0 unspecified atom stereocenters. The maximum atomic E-state index is 14.6. The standard InChI is InChI=1S/C31H38ClN3O7Si/c1-19-28(43(2,3)40)26(16-27(37)33-11-5-8-23(33)18-36)42-31(19)24-15-21(32)9-10-25(24)35(29(31)38)17-20-6-4-7-22(14-20)34-12-13-41-30(34)39/h4,6-7,9-10,14-15,19,23,26,28,36,40H,5,8,11-13,16-18H2,1-3H3/t19-,23+,26+,28-,31+/m1/s1. The molecule has 1 spiro atoms. The van der Waals surface area contributed by atoms with E-state index in [1.165, 1.54) is 0 Å². The van der Waals surface area contributed by atoms with Crippen LogP contribution in [0.25, 0.3) is 0 Å². The summed E-state index contributed by atoms with van der Waals surface area (Å²) in [6.45, 7) is 7.06. The minimum atomic E-state index is -2.96. The van der Waals surface area contributed by atoms with E-state index in [1.807, 2.05) is 50.3 Å². The molecule has 4 heterocycles. The van der Waals surface area contributed by atoms with Gasteiger partial charge in [-0.2, -0.15) is 0 Å². The molecule has 0 aliphatic carbocycles. The van der Waals surface area contributed by atoms with Crippen molar-refractivity contribution in [3.05, 3.63) is 58.6 Å². The van der Waals surface area contributed by atoms with Gasteiger partial charge in [0.25, 0.3) is 5.91 Å². The second-order valence-corrected chi connectivity index (χ2v) is 17.0. The molecule has 0 saturated carbocycles. The molecule has 4 aliphatic rings. The number of anilines is 2. The third-order valence-electron chi connectivity index (χ3n) is 9.55. The first-order chi connectivity index (χ1) is 20.5. The average molecular weight is 628 g/mol. The van der Waals surface area contributed by atoms with Crippen LogP contribution >= 0.6 is 11.6 Å². The van der Waals surface area contributed by atoms with E-state index in [-0.39, 0.29) is 37.4 Å². The number of rotatable bonds is 7. The first-order valence-corrected chi connectivity index (χ1v) is 18.3. The van der Waals surface area contributed by atoms with Crippen molar-refractivity contribution in [3.8, 4) is 0 Å². The Labute approximate surface area is 257 Å². The van der Waals surface area contributed by atoms with Gasteiger partial charge in [-0.3, -0.25) is 14.5 Å². The number of carbonyl (C=O) groups is 3. The molecule has 0 radical (unpaired) electrons. The van der Waals surface area contributed by atoms with Gasteiger partial charge in [0.2, 0.25) is 5.91 Å². The number of ether oxygens (including phenoxy) is 2. The molecule has 3 amide bonds. The van der Waals surface area contributed by atoms with Gasteiger partial charge in [-0.15, -0.1) is 0 Å². The van der Waals surface area contributed by atoms with E-state index in [2.05, 4.69) is 0 Å². The number of fused-ring (bicyclic) bond motifs is 2. The first-order valence-electron chi connectivity index (χ1n) is 14.9. The van der Waals surface area contributed by atoms with E-state index >= 15 is 0 Å². The fraction of sp³-hybridized carbons (Fsp3) is 0.516. The quantitative estimate of drug-likeness (QED) is 0.445. The van der Waals surface area contributed by atoms with Crippen molar-refractivity contribution in [2.45, 2.75) is 69.1 Å². The number of benzene rings is 2. The van der Waals surface area contributed by atoms with Crippen LogP contribution in [-0.4, -0.2) is 79.5 Å². The average Bonchev–Trinajstić information content (AvgIpc) is 3.72. The van der Waals surface area contributed by atoms with E-state index in [0.717, 1.165) is 18.4 Å². The Bertz CT molecular complexity index is 1450. The number of aliphatic hydroxyl groups is 1. The summed E-state index contributed by atoms with van der Waals surface area (Å²) in [5.41, 5.74) is 0.962. The molecule has 0 bridgehead atoms. The van der Waals surface area contributed by atoms with Gasteiger partial charge in [-0.05, 0) is 61.8 Å². The second kappa shape index (κ2) is 11.2. The molecule has 3 saturated heterocycles. The van der Waals surface area contributed by atoms with Crippen LogP contribution < -0.4 is 9.80 Å². The maximum Gasteiger partial charge on any atom is 0.414 e. The van der Waals surface area contributed by atoms with Crippen LogP contribution in [0.15, 0.2) is 42.5 Å². The Morgan fingerprint density at radius 1 is 1.16 bits per heavy atom. The highest BCUT2D eigenvalue weighted by Crippen LogP contribution is 2.60. The number of halogens is 1. The van der Waals surface area contributed by atoms with Crippen LogP contribution in [0, 0.1) is 5.92 Å². The summed E-state index contributed by atoms with van der Waals surface area (Å²) in [6.07, 6.45) is 0.502. The number of carbonyl (C=O) groups excluding carboxylic acids is 3. The van der Waals surface area contributed by atoms with Gasteiger partial charge in [-0.25, -0.2) is 4.79 Å². The molecule has 230 valence electrons. The Morgan fingerprint density at radius 3 is 2.65 bits per heavy atom. The van der Waals surface area contributed by atoms with Crippen LogP contribution in [-0.2, 0) is 31.2 Å². The molecule has 10 nitrogen and oxygen atoms in total. The van der Waals surface area contributed by atoms with E-state index in [9.17, 15) is 24.3 Å². The predicted molar refractivity (Wildman–Crippen MR) is 163 cm³/mol. The molecule has 2 N–H and O–H groups in total. The third-order valence-corrected chi connectivity index (χ3v) is 12.3.